The standard InChI is InChI=1S/C21H28BrN3O4S/c1-15-11-25(16(2)14-26)30(27,28)21-7-6-18(22)9-19(21)29-20(15)13-24(3)12-17-5-4-8-23-10-17/h4-10,15-16,20,26H,11-14H2,1-3H3/t15-,16-,20+/m1/s1. The summed E-state index contributed by atoms with van der Waals surface area (Å²) in [5, 5.41) is 9.68. The van der Waals surface area contributed by atoms with Gasteiger partial charge in [0.05, 0.1) is 6.61 Å². The lowest BCUT2D eigenvalue weighted by molar-refractivity contribution is 0.0733. The molecule has 0 saturated carbocycles. The van der Waals surface area contributed by atoms with Crippen LogP contribution in [0.4, 0.5) is 0 Å². The Hall–Kier alpha value is -1.52. The van der Waals surface area contributed by atoms with Crippen LogP contribution in [0.3, 0.4) is 0 Å². The first-order valence-corrected chi connectivity index (χ1v) is 12.1. The number of aromatic nitrogens is 1. The second-order valence-electron chi connectivity index (χ2n) is 7.89. The van der Waals surface area contributed by atoms with Gasteiger partial charge in [-0.15, -0.1) is 0 Å². The normalized spacial score (nSPS) is 22.6. The number of benzene rings is 1. The topological polar surface area (TPSA) is 83.0 Å². The molecule has 0 radical (unpaired) electrons. The van der Waals surface area contributed by atoms with Crippen LogP contribution in [0.5, 0.6) is 5.75 Å². The average molecular weight is 498 g/mol. The van der Waals surface area contributed by atoms with E-state index in [0.717, 1.165) is 10.0 Å². The zero-order chi connectivity index (χ0) is 21.9. The zero-order valence-corrected chi connectivity index (χ0v) is 19.8. The summed E-state index contributed by atoms with van der Waals surface area (Å²) in [5.41, 5.74) is 1.10. The lowest BCUT2D eigenvalue weighted by Crippen LogP contribution is -2.49. The highest BCUT2D eigenvalue weighted by Crippen LogP contribution is 2.35. The third-order valence-corrected chi connectivity index (χ3v) is 7.81. The number of hydrogen-bond donors (Lipinski definition) is 1. The Balaban J connectivity index is 1.92. The maximum Gasteiger partial charge on any atom is 0.247 e. The average Bonchev–Trinajstić information content (AvgIpc) is 2.70. The maximum atomic E-state index is 13.3. The largest absolute Gasteiger partial charge is 0.487 e. The fourth-order valence-corrected chi connectivity index (χ4v) is 5.76. The molecule has 0 unspecified atom stereocenters. The highest BCUT2D eigenvalue weighted by atomic mass is 79.9. The van der Waals surface area contributed by atoms with E-state index in [2.05, 4.69) is 25.8 Å². The Labute approximate surface area is 186 Å². The lowest BCUT2D eigenvalue weighted by Gasteiger charge is -2.37. The van der Waals surface area contributed by atoms with E-state index in [1.165, 1.54) is 4.31 Å². The fraction of sp³-hybridized carbons (Fsp3) is 0.476. The van der Waals surface area contributed by atoms with Gasteiger partial charge in [0.1, 0.15) is 16.7 Å². The van der Waals surface area contributed by atoms with E-state index in [9.17, 15) is 13.5 Å². The van der Waals surface area contributed by atoms with Crippen molar-refractivity contribution in [2.24, 2.45) is 5.92 Å². The lowest BCUT2D eigenvalue weighted by atomic mass is 10.0. The van der Waals surface area contributed by atoms with E-state index in [1.807, 2.05) is 32.3 Å². The molecule has 3 atom stereocenters. The molecule has 2 heterocycles. The highest BCUT2D eigenvalue weighted by molar-refractivity contribution is 9.10. The van der Waals surface area contributed by atoms with Gasteiger partial charge in [-0.05, 0) is 43.8 Å². The molecule has 1 aromatic heterocycles. The summed E-state index contributed by atoms with van der Waals surface area (Å²) in [7, 11) is -1.79. The van der Waals surface area contributed by atoms with Gasteiger partial charge in [-0.25, -0.2) is 8.42 Å². The molecule has 0 bridgehead atoms. The van der Waals surface area contributed by atoms with Crippen LogP contribution in [0.1, 0.15) is 19.4 Å². The predicted molar refractivity (Wildman–Crippen MR) is 119 cm³/mol. The number of halogens is 1. The molecule has 1 aromatic carbocycles. The Morgan fingerprint density at radius 3 is 2.83 bits per heavy atom. The SMILES string of the molecule is C[C@@H]1CN([C@H](C)CO)S(=O)(=O)c2ccc(Br)cc2O[C@H]1CN(C)Cc1cccnc1. The van der Waals surface area contributed by atoms with Crippen molar-refractivity contribution in [2.75, 3.05) is 26.7 Å². The minimum atomic E-state index is -3.80. The Kier molecular flexibility index (Phi) is 7.52. The molecular weight excluding hydrogens is 470 g/mol. The quantitative estimate of drug-likeness (QED) is 0.660. The van der Waals surface area contributed by atoms with Crippen LogP contribution >= 0.6 is 15.9 Å². The van der Waals surface area contributed by atoms with E-state index in [4.69, 9.17) is 4.74 Å². The molecule has 1 N–H and O–H groups in total. The summed E-state index contributed by atoms with van der Waals surface area (Å²) in [4.78, 5) is 6.43. The number of fused-ring (bicyclic) bond motifs is 1. The van der Waals surface area contributed by atoms with Gasteiger partial charge in [0.25, 0.3) is 0 Å². The number of aliphatic hydroxyl groups excluding tert-OH is 1. The number of sulfonamides is 1. The summed E-state index contributed by atoms with van der Waals surface area (Å²) >= 11 is 3.42. The number of aliphatic hydroxyl groups is 1. The highest BCUT2D eigenvalue weighted by Gasteiger charge is 2.38. The van der Waals surface area contributed by atoms with Crippen molar-refractivity contribution in [3.63, 3.8) is 0 Å². The molecule has 2 aromatic rings. The van der Waals surface area contributed by atoms with Crippen molar-refractivity contribution in [3.8, 4) is 5.75 Å². The van der Waals surface area contributed by atoms with Crippen molar-refractivity contribution in [1.29, 1.82) is 0 Å². The molecule has 7 nitrogen and oxygen atoms in total. The van der Waals surface area contributed by atoms with Gasteiger partial charge in [-0.2, -0.15) is 4.31 Å². The zero-order valence-electron chi connectivity index (χ0n) is 17.4. The van der Waals surface area contributed by atoms with Crippen LogP contribution in [-0.4, -0.2) is 66.6 Å². The molecule has 1 aliphatic rings. The molecule has 164 valence electrons. The van der Waals surface area contributed by atoms with Gasteiger partial charge in [-0.1, -0.05) is 28.9 Å². The van der Waals surface area contributed by atoms with Crippen molar-refractivity contribution < 1.29 is 18.3 Å². The van der Waals surface area contributed by atoms with Gasteiger partial charge >= 0.3 is 0 Å². The van der Waals surface area contributed by atoms with E-state index in [0.29, 0.717) is 18.8 Å². The van der Waals surface area contributed by atoms with Crippen molar-refractivity contribution in [3.05, 3.63) is 52.8 Å². The van der Waals surface area contributed by atoms with Crippen LogP contribution < -0.4 is 4.74 Å². The van der Waals surface area contributed by atoms with Crippen molar-refractivity contribution in [1.82, 2.24) is 14.2 Å². The minimum Gasteiger partial charge on any atom is -0.487 e. The van der Waals surface area contributed by atoms with E-state index < -0.39 is 16.1 Å². The maximum absolute atomic E-state index is 13.3. The molecular formula is C21H28BrN3O4S. The molecule has 9 heteroatoms. The van der Waals surface area contributed by atoms with E-state index >= 15 is 0 Å². The molecule has 0 aliphatic carbocycles. The Bertz CT molecular complexity index is 958. The van der Waals surface area contributed by atoms with Crippen LogP contribution in [0.25, 0.3) is 0 Å². The van der Waals surface area contributed by atoms with Gasteiger partial charge in [0, 0.05) is 48.5 Å². The summed E-state index contributed by atoms with van der Waals surface area (Å²) in [6.07, 6.45) is 3.35. The second kappa shape index (κ2) is 9.74. The molecule has 30 heavy (non-hydrogen) atoms. The third-order valence-electron chi connectivity index (χ3n) is 5.30. The summed E-state index contributed by atoms with van der Waals surface area (Å²) in [6.45, 7) is 5.05. The second-order valence-corrected chi connectivity index (χ2v) is 10.7. The smallest absolute Gasteiger partial charge is 0.247 e. The first-order valence-electron chi connectivity index (χ1n) is 9.88. The van der Waals surface area contributed by atoms with E-state index in [-0.39, 0.29) is 30.1 Å². The van der Waals surface area contributed by atoms with Crippen LogP contribution in [0.2, 0.25) is 0 Å². The molecule has 0 fully saturated rings. The van der Waals surface area contributed by atoms with Gasteiger partial charge < -0.3 is 9.84 Å². The molecule has 3 rings (SSSR count). The van der Waals surface area contributed by atoms with Gasteiger partial charge in [-0.3, -0.25) is 9.88 Å². The third kappa shape index (κ3) is 5.20. The number of ether oxygens (including phenoxy) is 1. The van der Waals surface area contributed by atoms with Crippen LogP contribution in [0.15, 0.2) is 52.1 Å². The molecule has 0 spiro atoms. The predicted octanol–water partition coefficient (Wildman–Crippen LogP) is 2.74. The number of rotatable bonds is 6. The minimum absolute atomic E-state index is 0.0859. The molecule has 1 aliphatic heterocycles. The van der Waals surface area contributed by atoms with Gasteiger partial charge in [0.15, 0.2) is 0 Å². The van der Waals surface area contributed by atoms with Crippen LogP contribution in [0, 0.1) is 5.92 Å². The summed E-state index contributed by atoms with van der Waals surface area (Å²) in [5.74, 6) is 0.239. The Morgan fingerprint density at radius 2 is 2.17 bits per heavy atom. The van der Waals surface area contributed by atoms with Crippen molar-refractivity contribution in [2.45, 2.75) is 37.4 Å². The summed E-state index contributed by atoms with van der Waals surface area (Å²) < 4.78 is 35.0. The first kappa shape index (κ1) is 23.1. The van der Waals surface area contributed by atoms with E-state index in [1.54, 1.807) is 31.3 Å². The number of hydrogen-bond acceptors (Lipinski definition) is 6. The summed E-state index contributed by atoms with van der Waals surface area (Å²) in [6, 6.07) is 8.34. The fourth-order valence-electron chi connectivity index (χ4n) is 3.59. The van der Waals surface area contributed by atoms with Crippen LogP contribution in [-0.2, 0) is 16.6 Å². The van der Waals surface area contributed by atoms with Gasteiger partial charge in [0.2, 0.25) is 10.0 Å². The Morgan fingerprint density at radius 1 is 1.40 bits per heavy atom. The monoisotopic (exact) mass is 497 g/mol. The molecule has 0 saturated heterocycles. The number of likely N-dealkylation sites (N-methyl/N-ethyl adjacent to an activating group) is 1. The number of nitrogens with zero attached hydrogens (tertiary/aromatic N) is 3. The first-order chi connectivity index (χ1) is 14.2. The van der Waals surface area contributed by atoms with Crippen molar-refractivity contribution >= 4 is 26.0 Å². The molecule has 0 amide bonds. The number of pyridine rings is 1.